The summed E-state index contributed by atoms with van der Waals surface area (Å²) in [6, 6.07) is -6.29. The van der Waals surface area contributed by atoms with Gasteiger partial charge in [-0.25, -0.2) is 0 Å². The van der Waals surface area contributed by atoms with Gasteiger partial charge in [0.1, 0.15) is 60.4 Å². The van der Waals surface area contributed by atoms with Gasteiger partial charge in [0.15, 0.2) is 0 Å². The summed E-state index contributed by atoms with van der Waals surface area (Å²) in [7, 11) is 0. The fraction of sp³-hybridized carbons (Fsp3) is 0.673. The molecule has 1 aromatic carbocycles. The van der Waals surface area contributed by atoms with E-state index in [0.717, 1.165) is 25.7 Å². The topological polar surface area (TPSA) is 491 Å². The Kier molecular flexibility index (Phi) is 32.9. The third-order valence-electron chi connectivity index (χ3n) is 13.1. The van der Waals surface area contributed by atoms with Gasteiger partial charge in [-0.15, -0.1) is 0 Å². The van der Waals surface area contributed by atoms with Crippen LogP contribution in [-0.4, -0.2) is 187 Å². The molecule has 29 heteroatoms. The number of carbonyl (C=O) groups excluding carboxylic acids is 11. The molecule has 1 aliphatic heterocycles. The highest BCUT2D eigenvalue weighted by molar-refractivity contribution is 5.99. The maximum absolute atomic E-state index is 14.4. The lowest BCUT2D eigenvalue weighted by atomic mass is 10.0. The second-order valence-corrected chi connectivity index (χ2v) is 20.0. The standard InChI is InChI=1S/C52H90N16O13/c1-5-6-7-8-12-15-40(71)60-33(16-22-53)48(77)68-42(31(4)70)52(81)65-36(19-25-56)45(74)64-38-21-27-58-51(80)41(30(3)69)67-49(78)37(20-26-57)63-44(73)34(17-23-54)61-43(72)29(2)59-50(79)39(28-32-13-10-9-11-14-32)66-46(75)35(18-24-55)62-47(38)76/h9-11,13-14,29-31,33-39,41-42,69-70H,5-8,12,15-28,53-57H2,1-4H3,(H,58,80)(H,59,79)(H,60,71)(H,61,72)(H,62,76)(H,63,73)(H,64,74)(H,65,81)(H,66,75)(H,67,78)(H,68,77)/t29-,30+,31+,33-,34-,35?,36-,37-,38?,39+,41?,42-/m0/s1. The lowest BCUT2D eigenvalue weighted by molar-refractivity contribution is -0.137. The van der Waals surface area contributed by atoms with E-state index in [1.54, 1.807) is 30.3 Å². The molecule has 1 fully saturated rings. The van der Waals surface area contributed by atoms with Crippen molar-refractivity contribution in [2.75, 3.05) is 39.3 Å². The first kappa shape index (κ1) is 70.2. The molecule has 1 saturated heterocycles. The van der Waals surface area contributed by atoms with E-state index in [9.17, 15) is 63.0 Å². The van der Waals surface area contributed by atoms with Crippen molar-refractivity contribution in [3.05, 3.63) is 35.9 Å². The van der Waals surface area contributed by atoms with E-state index in [-0.39, 0.29) is 77.7 Å². The second-order valence-electron chi connectivity index (χ2n) is 20.0. The summed E-state index contributed by atoms with van der Waals surface area (Å²) in [6.07, 6.45) is -0.00813. The molecular weight excluding hydrogens is 1060 g/mol. The van der Waals surface area contributed by atoms with Crippen LogP contribution in [0.5, 0.6) is 0 Å². The van der Waals surface area contributed by atoms with Crippen LogP contribution in [0.4, 0.5) is 0 Å². The number of benzene rings is 1. The van der Waals surface area contributed by atoms with Crippen molar-refractivity contribution in [1.82, 2.24) is 58.5 Å². The lowest BCUT2D eigenvalue weighted by Crippen LogP contribution is -2.62. The number of hydrogen-bond donors (Lipinski definition) is 18. The minimum absolute atomic E-state index is 0.0139. The molecule has 12 atom stereocenters. The predicted octanol–water partition coefficient (Wildman–Crippen LogP) is -6.52. The van der Waals surface area contributed by atoms with Crippen LogP contribution in [0.1, 0.15) is 110 Å². The summed E-state index contributed by atoms with van der Waals surface area (Å²) in [6.45, 7) is 4.61. The largest absolute Gasteiger partial charge is 0.391 e. The molecule has 1 aliphatic rings. The molecule has 3 unspecified atom stereocenters. The zero-order valence-electron chi connectivity index (χ0n) is 47.0. The van der Waals surface area contributed by atoms with Crippen molar-refractivity contribution in [3.63, 3.8) is 0 Å². The molecule has 0 aromatic heterocycles. The first-order chi connectivity index (χ1) is 38.5. The van der Waals surface area contributed by atoms with E-state index in [4.69, 9.17) is 28.7 Å². The highest BCUT2D eigenvalue weighted by atomic mass is 16.3. The van der Waals surface area contributed by atoms with Crippen LogP contribution in [-0.2, 0) is 59.2 Å². The van der Waals surface area contributed by atoms with Crippen LogP contribution in [0.2, 0.25) is 0 Å². The molecule has 1 heterocycles. The van der Waals surface area contributed by atoms with E-state index >= 15 is 0 Å². The summed E-state index contributed by atoms with van der Waals surface area (Å²) < 4.78 is 0. The Balaban J connectivity index is 2.62. The van der Waals surface area contributed by atoms with E-state index in [1.807, 2.05) is 0 Å². The maximum Gasteiger partial charge on any atom is 0.245 e. The number of nitrogens with one attached hydrogen (secondary N) is 11. The predicted molar refractivity (Wildman–Crippen MR) is 298 cm³/mol. The van der Waals surface area contributed by atoms with Crippen LogP contribution in [0, 0.1) is 0 Å². The van der Waals surface area contributed by atoms with E-state index in [0.29, 0.717) is 12.0 Å². The molecule has 0 aliphatic carbocycles. The van der Waals surface area contributed by atoms with Crippen molar-refractivity contribution in [3.8, 4) is 0 Å². The van der Waals surface area contributed by atoms with Gasteiger partial charge in [-0.3, -0.25) is 52.7 Å². The Labute approximate surface area is 472 Å². The van der Waals surface area contributed by atoms with E-state index < -0.39 is 151 Å². The molecular formula is C52H90N16O13. The zero-order chi connectivity index (χ0) is 60.6. The van der Waals surface area contributed by atoms with Crippen LogP contribution in [0.25, 0.3) is 0 Å². The quantitative estimate of drug-likeness (QED) is 0.0364. The lowest BCUT2D eigenvalue weighted by Gasteiger charge is -2.28. The molecule has 2 rings (SSSR count). The summed E-state index contributed by atoms with van der Waals surface area (Å²) in [5, 5.41) is 49.1. The third kappa shape index (κ3) is 25.2. The highest BCUT2D eigenvalue weighted by Crippen LogP contribution is 2.10. The summed E-state index contributed by atoms with van der Waals surface area (Å²) in [5.74, 6) is -9.83. The molecule has 1 aromatic rings. The molecule has 0 bridgehead atoms. The molecule has 0 spiro atoms. The van der Waals surface area contributed by atoms with Gasteiger partial charge in [-0.2, -0.15) is 0 Å². The Hall–Kier alpha value is -6.89. The second kappa shape index (κ2) is 37.9. The van der Waals surface area contributed by atoms with Crippen molar-refractivity contribution in [2.45, 2.75) is 184 Å². The van der Waals surface area contributed by atoms with Crippen LogP contribution in [0.3, 0.4) is 0 Å². The van der Waals surface area contributed by atoms with Gasteiger partial charge in [-0.05, 0) is 104 Å². The van der Waals surface area contributed by atoms with Crippen molar-refractivity contribution in [1.29, 1.82) is 0 Å². The summed E-state index contributed by atoms with van der Waals surface area (Å²) in [4.78, 5) is 152. The summed E-state index contributed by atoms with van der Waals surface area (Å²) >= 11 is 0. The average Bonchev–Trinajstić information content (AvgIpc) is 3.43. The van der Waals surface area contributed by atoms with Gasteiger partial charge in [0.2, 0.25) is 65.0 Å². The Morgan fingerprint density at radius 2 is 1.09 bits per heavy atom. The number of carbonyl (C=O) groups is 11. The number of aliphatic hydroxyl groups excluding tert-OH is 2. The maximum atomic E-state index is 14.4. The van der Waals surface area contributed by atoms with Crippen molar-refractivity contribution >= 4 is 65.0 Å². The first-order valence-corrected chi connectivity index (χ1v) is 27.8. The molecule has 456 valence electrons. The van der Waals surface area contributed by atoms with Crippen molar-refractivity contribution < 1.29 is 63.0 Å². The molecule has 0 radical (unpaired) electrons. The Morgan fingerprint density at radius 1 is 0.580 bits per heavy atom. The van der Waals surface area contributed by atoms with Gasteiger partial charge in [0, 0.05) is 19.4 Å². The van der Waals surface area contributed by atoms with Gasteiger partial charge in [0.05, 0.1) is 12.2 Å². The van der Waals surface area contributed by atoms with E-state index in [2.05, 4.69) is 65.4 Å². The smallest absolute Gasteiger partial charge is 0.245 e. The monoisotopic (exact) mass is 1150 g/mol. The molecule has 81 heavy (non-hydrogen) atoms. The fourth-order valence-corrected chi connectivity index (χ4v) is 8.46. The minimum atomic E-state index is -1.70. The highest BCUT2D eigenvalue weighted by Gasteiger charge is 2.37. The number of nitrogens with two attached hydrogens (primary N) is 5. The van der Waals surface area contributed by atoms with Crippen LogP contribution >= 0.6 is 0 Å². The molecule has 11 amide bonds. The van der Waals surface area contributed by atoms with E-state index in [1.165, 1.54) is 20.8 Å². The first-order valence-electron chi connectivity index (χ1n) is 27.8. The zero-order valence-corrected chi connectivity index (χ0v) is 47.0. The van der Waals surface area contributed by atoms with Crippen LogP contribution in [0.15, 0.2) is 30.3 Å². The number of aliphatic hydroxyl groups is 2. The van der Waals surface area contributed by atoms with Gasteiger partial charge < -0.3 is 97.4 Å². The third-order valence-corrected chi connectivity index (χ3v) is 13.1. The SMILES string of the molecule is CCCCCCCC(=O)N[C@@H](CCN)C(=O)N[C@H](C(=O)N[C@@H](CCN)C(=O)NC1CCNC(=O)C([C@@H](C)O)NC(=O)[C@H](CCN)NC(=O)[C@H](CCN)NC(=O)[C@H](C)NC(=O)[C@@H](Cc2ccccc2)NC(=O)C(CCN)NC1=O)[C@@H](C)O. The normalized spacial score (nSPS) is 23.0. The molecule has 29 nitrogen and oxygen atoms in total. The average molecular weight is 1150 g/mol. The van der Waals surface area contributed by atoms with Crippen molar-refractivity contribution in [2.24, 2.45) is 28.7 Å². The Morgan fingerprint density at radius 3 is 1.62 bits per heavy atom. The van der Waals surface area contributed by atoms with Gasteiger partial charge >= 0.3 is 0 Å². The number of hydrogen-bond acceptors (Lipinski definition) is 18. The molecule has 23 N–H and O–H groups in total. The number of amides is 11. The number of rotatable bonds is 27. The minimum Gasteiger partial charge on any atom is -0.391 e. The Bertz CT molecular complexity index is 2210. The fourth-order valence-electron chi connectivity index (χ4n) is 8.46. The van der Waals surface area contributed by atoms with Gasteiger partial charge in [0.25, 0.3) is 0 Å². The number of unbranched alkanes of at least 4 members (excludes halogenated alkanes) is 4. The summed E-state index contributed by atoms with van der Waals surface area (Å²) in [5.41, 5.74) is 29.7. The van der Waals surface area contributed by atoms with Crippen LogP contribution < -0.4 is 87.2 Å². The van der Waals surface area contributed by atoms with Gasteiger partial charge in [-0.1, -0.05) is 62.9 Å². The molecule has 0 saturated carbocycles.